The van der Waals surface area contributed by atoms with Gasteiger partial charge in [0.25, 0.3) is 0 Å². The van der Waals surface area contributed by atoms with Crippen molar-refractivity contribution in [3.63, 3.8) is 0 Å². The zero-order valence-electron chi connectivity index (χ0n) is 9.36. The van der Waals surface area contributed by atoms with Crippen molar-refractivity contribution in [1.82, 2.24) is 4.90 Å². The highest BCUT2D eigenvalue weighted by Gasteiger charge is 2.09. The summed E-state index contributed by atoms with van der Waals surface area (Å²) in [7, 11) is 3.86. The molecule has 2 nitrogen and oxygen atoms in total. The normalized spacial score (nSPS) is 17.3. The van der Waals surface area contributed by atoms with Crippen LogP contribution in [0.4, 0.5) is 0 Å². The fourth-order valence-electron chi connectivity index (χ4n) is 1.91. The van der Waals surface area contributed by atoms with Crippen LogP contribution in [0.15, 0.2) is 30.3 Å². The molecule has 0 N–H and O–H groups in total. The molecular formula is C13H17NO. The Kier molecular flexibility index (Phi) is 3.07. The van der Waals surface area contributed by atoms with Gasteiger partial charge in [0.2, 0.25) is 0 Å². The summed E-state index contributed by atoms with van der Waals surface area (Å²) in [4.78, 5) is 2.35. The number of hydrogen-bond acceptors (Lipinski definition) is 2. The van der Waals surface area contributed by atoms with Gasteiger partial charge in [0.15, 0.2) is 0 Å². The number of hydrogen-bond donors (Lipinski definition) is 0. The highest BCUT2D eigenvalue weighted by Crippen LogP contribution is 2.22. The lowest BCUT2D eigenvalue weighted by molar-refractivity contribution is 0.373. The van der Waals surface area contributed by atoms with Crippen LogP contribution in [0.1, 0.15) is 12.0 Å². The number of likely N-dealkylation sites (N-methyl/N-ethyl adjacent to an activating group) is 1. The third-order valence-electron chi connectivity index (χ3n) is 2.80. The summed E-state index contributed by atoms with van der Waals surface area (Å²) < 4.78 is 5.15. The molecule has 1 aromatic carbocycles. The van der Waals surface area contributed by atoms with Crippen molar-refractivity contribution in [1.29, 1.82) is 0 Å². The SMILES string of the molecule is COc1ccc(C2=CCCN(C)C2)cc1. The zero-order valence-corrected chi connectivity index (χ0v) is 9.36. The predicted molar refractivity (Wildman–Crippen MR) is 63.1 cm³/mol. The van der Waals surface area contributed by atoms with E-state index in [1.54, 1.807) is 7.11 Å². The topological polar surface area (TPSA) is 12.5 Å². The molecule has 15 heavy (non-hydrogen) atoms. The summed E-state index contributed by atoms with van der Waals surface area (Å²) in [5.41, 5.74) is 2.73. The van der Waals surface area contributed by atoms with Crippen molar-refractivity contribution in [3.05, 3.63) is 35.9 Å². The van der Waals surface area contributed by atoms with Crippen LogP contribution in [0.25, 0.3) is 5.57 Å². The minimum Gasteiger partial charge on any atom is -0.497 e. The molecule has 2 rings (SSSR count). The van der Waals surface area contributed by atoms with Gasteiger partial charge in [0, 0.05) is 13.1 Å². The molecule has 0 fully saturated rings. The summed E-state index contributed by atoms with van der Waals surface area (Å²) in [5, 5.41) is 0. The first kappa shape index (κ1) is 10.2. The van der Waals surface area contributed by atoms with Crippen LogP contribution in [0, 0.1) is 0 Å². The zero-order chi connectivity index (χ0) is 10.7. The molecule has 0 spiro atoms. The molecule has 0 radical (unpaired) electrons. The molecule has 0 amide bonds. The van der Waals surface area contributed by atoms with Gasteiger partial charge in [-0.3, -0.25) is 0 Å². The second kappa shape index (κ2) is 4.49. The summed E-state index contributed by atoms with van der Waals surface area (Å²) in [6, 6.07) is 8.29. The Bertz CT molecular complexity index is 353. The third-order valence-corrected chi connectivity index (χ3v) is 2.80. The Labute approximate surface area is 91.2 Å². The molecule has 80 valence electrons. The van der Waals surface area contributed by atoms with Gasteiger partial charge in [0.1, 0.15) is 5.75 Å². The standard InChI is InChI=1S/C13H17NO/c1-14-9-3-4-12(10-14)11-5-7-13(15-2)8-6-11/h4-8H,3,9-10H2,1-2H3. The van der Waals surface area contributed by atoms with E-state index in [9.17, 15) is 0 Å². The van der Waals surface area contributed by atoms with Gasteiger partial charge in [-0.1, -0.05) is 18.2 Å². The van der Waals surface area contributed by atoms with Crippen LogP contribution in [-0.4, -0.2) is 32.1 Å². The molecule has 0 saturated heterocycles. The second-order valence-electron chi connectivity index (χ2n) is 3.98. The Hall–Kier alpha value is -1.28. The Balaban J connectivity index is 2.18. The fourth-order valence-corrected chi connectivity index (χ4v) is 1.91. The number of methoxy groups -OCH3 is 1. The largest absolute Gasteiger partial charge is 0.497 e. The molecule has 0 unspecified atom stereocenters. The van der Waals surface area contributed by atoms with Crippen LogP contribution in [0.3, 0.4) is 0 Å². The van der Waals surface area contributed by atoms with E-state index in [0.717, 1.165) is 18.7 Å². The predicted octanol–water partition coefficient (Wildman–Crippen LogP) is 2.41. The smallest absolute Gasteiger partial charge is 0.118 e. The number of benzene rings is 1. The van der Waals surface area contributed by atoms with Crippen molar-refractivity contribution < 1.29 is 4.74 Å². The monoisotopic (exact) mass is 203 g/mol. The lowest BCUT2D eigenvalue weighted by atomic mass is 10.0. The Morgan fingerprint density at radius 2 is 1.93 bits per heavy atom. The third kappa shape index (κ3) is 2.39. The van der Waals surface area contributed by atoms with Gasteiger partial charge in [-0.2, -0.15) is 0 Å². The van der Waals surface area contributed by atoms with Gasteiger partial charge >= 0.3 is 0 Å². The molecular weight excluding hydrogens is 186 g/mol. The van der Waals surface area contributed by atoms with E-state index in [4.69, 9.17) is 4.74 Å². The number of ether oxygens (including phenoxy) is 1. The fraction of sp³-hybridized carbons (Fsp3) is 0.385. The molecule has 2 heteroatoms. The second-order valence-corrected chi connectivity index (χ2v) is 3.98. The van der Waals surface area contributed by atoms with Crippen molar-refractivity contribution in [3.8, 4) is 5.75 Å². The number of nitrogens with zero attached hydrogens (tertiary/aromatic N) is 1. The Morgan fingerprint density at radius 3 is 2.53 bits per heavy atom. The maximum absolute atomic E-state index is 5.15. The van der Waals surface area contributed by atoms with E-state index >= 15 is 0 Å². The van der Waals surface area contributed by atoms with Crippen LogP contribution in [-0.2, 0) is 0 Å². The maximum Gasteiger partial charge on any atom is 0.118 e. The average Bonchev–Trinajstić information content (AvgIpc) is 2.29. The first-order valence-corrected chi connectivity index (χ1v) is 5.31. The van der Waals surface area contributed by atoms with Crippen LogP contribution in [0.5, 0.6) is 5.75 Å². The van der Waals surface area contributed by atoms with E-state index in [0.29, 0.717) is 0 Å². The number of rotatable bonds is 2. The van der Waals surface area contributed by atoms with E-state index in [2.05, 4.69) is 30.2 Å². The molecule has 0 atom stereocenters. The quantitative estimate of drug-likeness (QED) is 0.732. The minimum atomic E-state index is 0.920. The molecule has 1 aliphatic rings. The minimum absolute atomic E-state index is 0.920. The summed E-state index contributed by atoms with van der Waals surface area (Å²) in [5.74, 6) is 0.920. The lowest BCUT2D eigenvalue weighted by Crippen LogP contribution is -2.24. The molecule has 0 aliphatic carbocycles. The van der Waals surface area contributed by atoms with Crippen LogP contribution in [0.2, 0.25) is 0 Å². The van der Waals surface area contributed by atoms with Gasteiger partial charge < -0.3 is 9.64 Å². The van der Waals surface area contributed by atoms with Crippen molar-refractivity contribution in [2.45, 2.75) is 6.42 Å². The Morgan fingerprint density at radius 1 is 1.20 bits per heavy atom. The van der Waals surface area contributed by atoms with Crippen LogP contribution < -0.4 is 4.74 Å². The molecule has 1 heterocycles. The summed E-state index contributed by atoms with van der Waals surface area (Å²) in [6.07, 6.45) is 3.49. The van der Waals surface area contributed by atoms with Gasteiger partial charge in [0.05, 0.1) is 7.11 Å². The first-order chi connectivity index (χ1) is 7.29. The van der Waals surface area contributed by atoms with E-state index in [-0.39, 0.29) is 0 Å². The van der Waals surface area contributed by atoms with E-state index in [1.807, 2.05) is 12.1 Å². The molecule has 1 aliphatic heterocycles. The van der Waals surface area contributed by atoms with Gasteiger partial charge in [-0.15, -0.1) is 0 Å². The van der Waals surface area contributed by atoms with Crippen molar-refractivity contribution in [2.24, 2.45) is 0 Å². The average molecular weight is 203 g/mol. The van der Waals surface area contributed by atoms with Crippen molar-refractivity contribution >= 4 is 5.57 Å². The van der Waals surface area contributed by atoms with Gasteiger partial charge in [-0.25, -0.2) is 0 Å². The van der Waals surface area contributed by atoms with Crippen LogP contribution >= 0.6 is 0 Å². The molecule has 1 aromatic rings. The molecule has 0 bridgehead atoms. The van der Waals surface area contributed by atoms with Crippen molar-refractivity contribution in [2.75, 3.05) is 27.2 Å². The van der Waals surface area contributed by atoms with E-state index in [1.165, 1.54) is 17.7 Å². The maximum atomic E-state index is 5.15. The highest BCUT2D eigenvalue weighted by molar-refractivity contribution is 5.68. The van der Waals surface area contributed by atoms with Gasteiger partial charge in [-0.05, 0) is 36.7 Å². The summed E-state index contributed by atoms with van der Waals surface area (Å²) >= 11 is 0. The summed E-state index contributed by atoms with van der Waals surface area (Å²) in [6.45, 7) is 2.21. The molecule has 0 saturated carbocycles. The van der Waals surface area contributed by atoms with E-state index < -0.39 is 0 Å². The molecule has 0 aromatic heterocycles. The highest BCUT2D eigenvalue weighted by atomic mass is 16.5. The first-order valence-electron chi connectivity index (χ1n) is 5.31. The lowest BCUT2D eigenvalue weighted by Gasteiger charge is -2.23.